The number of halogens is 3. The molecule has 11 heteroatoms. The van der Waals surface area contributed by atoms with Gasteiger partial charge in [0.2, 0.25) is 10.0 Å². The molecule has 0 spiro atoms. The Morgan fingerprint density at radius 1 is 1.00 bits per heavy atom. The molecule has 39 heavy (non-hydrogen) atoms. The fourth-order valence-electron chi connectivity index (χ4n) is 4.70. The highest BCUT2D eigenvalue weighted by molar-refractivity contribution is 7.92. The molecule has 1 unspecified atom stereocenters. The molecule has 3 aromatic carbocycles. The van der Waals surface area contributed by atoms with Gasteiger partial charge < -0.3 is 5.73 Å². The molecule has 2 aromatic heterocycles. The van der Waals surface area contributed by atoms with Gasteiger partial charge in [-0.1, -0.05) is 48.0 Å². The van der Waals surface area contributed by atoms with Crippen molar-refractivity contribution in [3.8, 4) is 22.3 Å². The van der Waals surface area contributed by atoms with E-state index in [1.54, 1.807) is 25.4 Å². The molecule has 0 saturated carbocycles. The SMILES string of the molecule is Cn1nc(NS(C)(=O)=O)c2c(Cl)ccc(-c3cc(-c4ccccc4)cnc3C(N)Cc3cc(F)cc(F)c3)c21. The first-order chi connectivity index (χ1) is 18.5. The fraction of sp³-hybridized carbons (Fsp3) is 0.143. The Morgan fingerprint density at radius 2 is 1.69 bits per heavy atom. The number of aryl methyl sites for hydroxylation is 1. The summed E-state index contributed by atoms with van der Waals surface area (Å²) in [5.74, 6) is -1.29. The molecule has 1 atom stereocenters. The molecular formula is C28H24ClF2N5O2S. The number of nitrogens with two attached hydrogens (primary N) is 1. The van der Waals surface area contributed by atoms with Gasteiger partial charge in [-0.15, -0.1) is 0 Å². The number of nitrogens with one attached hydrogen (secondary N) is 1. The summed E-state index contributed by atoms with van der Waals surface area (Å²) in [6.07, 6.45) is 2.86. The van der Waals surface area contributed by atoms with E-state index in [1.165, 1.54) is 16.8 Å². The summed E-state index contributed by atoms with van der Waals surface area (Å²) < 4.78 is 55.7. The van der Waals surface area contributed by atoms with Gasteiger partial charge >= 0.3 is 0 Å². The van der Waals surface area contributed by atoms with Crippen molar-refractivity contribution >= 4 is 38.3 Å². The second-order valence-electron chi connectivity index (χ2n) is 9.28. The van der Waals surface area contributed by atoms with Crippen LogP contribution in [-0.4, -0.2) is 29.4 Å². The van der Waals surface area contributed by atoms with Crippen LogP contribution in [0.3, 0.4) is 0 Å². The van der Waals surface area contributed by atoms with E-state index in [2.05, 4.69) is 9.82 Å². The summed E-state index contributed by atoms with van der Waals surface area (Å²) >= 11 is 6.53. The van der Waals surface area contributed by atoms with Gasteiger partial charge in [-0.2, -0.15) is 5.10 Å². The van der Waals surface area contributed by atoms with Gasteiger partial charge in [0, 0.05) is 36.0 Å². The maximum Gasteiger partial charge on any atom is 0.231 e. The number of sulfonamides is 1. The molecule has 0 aliphatic heterocycles. The zero-order valence-electron chi connectivity index (χ0n) is 21.0. The minimum atomic E-state index is -3.63. The van der Waals surface area contributed by atoms with Gasteiger partial charge in [-0.05, 0) is 41.8 Å². The van der Waals surface area contributed by atoms with E-state index >= 15 is 0 Å². The minimum absolute atomic E-state index is 0.0927. The van der Waals surface area contributed by atoms with Crippen LogP contribution in [0.15, 0.2) is 72.9 Å². The lowest BCUT2D eigenvalue weighted by Gasteiger charge is -2.18. The first kappa shape index (κ1) is 26.7. The first-order valence-corrected chi connectivity index (χ1v) is 14.2. The second kappa shape index (κ2) is 10.4. The number of pyridine rings is 1. The van der Waals surface area contributed by atoms with Crippen LogP contribution in [0.2, 0.25) is 5.02 Å². The Balaban J connectivity index is 1.72. The molecule has 5 aromatic rings. The second-order valence-corrected chi connectivity index (χ2v) is 11.4. The van der Waals surface area contributed by atoms with E-state index < -0.39 is 27.7 Å². The highest BCUT2D eigenvalue weighted by atomic mass is 35.5. The monoisotopic (exact) mass is 567 g/mol. The van der Waals surface area contributed by atoms with Crippen molar-refractivity contribution in [2.75, 3.05) is 11.0 Å². The lowest BCUT2D eigenvalue weighted by molar-refractivity contribution is 0.575. The van der Waals surface area contributed by atoms with Gasteiger partial charge in [0.15, 0.2) is 5.82 Å². The maximum atomic E-state index is 13.9. The minimum Gasteiger partial charge on any atom is -0.322 e. The number of rotatable bonds is 7. The number of fused-ring (bicyclic) bond motifs is 1. The van der Waals surface area contributed by atoms with Crippen LogP contribution < -0.4 is 10.5 Å². The van der Waals surface area contributed by atoms with Crippen molar-refractivity contribution in [3.63, 3.8) is 0 Å². The van der Waals surface area contributed by atoms with Gasteiger partial charge in [-0.3, -0.25) is 14.4 Å². The molecule has 0 aliphatic rings. The van der Waals surface area contributed by atoms with Crippen molar-refractivity contribution in [2.24, 2.45) is 12.8 Å². The quantitative estimate of drug-likeness (QED) is 0.257. The van der Waals surface area contributed by atoms with Crippen molar-refractivity contribution in [1.82, 2.24) is 14.8 Å². The van der Waals surface area contributed by atoms with E-state index in [0.29, 0.717) is 38.3 Å². The Bertz CT molecular complexity index is 1790. The lowest BCUT2D eigenvalue weighted by atomic mass is 9.92. The molecule has 0 aliphatic carbocycles. The van der Waals surface area contributed by atoms with Crippen LogP contribution in [0.25, 0.3) is 33.2 Å². The highest BCUT2D eigenvalue weighted by Crippen LogP contribution is 2.40. The summed E-state index contributed by atoms with van der Waals surface area (Å²) in [5, 5.41) is 5.09. The maximum absolute atomic E-state index is 13.9. The third kappa shape index (κ3) is 5.63. The van der Waals surface area contributed by atoms with Crippen LogP contribution in [-0.2, 0) is 23.5 Å². The van der Waals surface area contributed by atoms with Crippen LogP contribution in [0, 0.1) is 11.6 Å². The molecule has 0 fully saturated rings. The number of hydrogen-bond donors (Lipinski definition) is 2. The van der Waals surface area contributed by atoms with Gasteiger partial charge in [0.1, 0.15) is 11.6 Å². The van der Waals surface area contributed by atoms with Gasteiger partial charge in [0.25, 0.3) is 0 Å². The normalized spacial score (nSPS) is 12.6. The number of benzene rings is 3. The molecule has 3 N–H and O–H groups in total. The van der Waals surface area contributed by atoms with Crippen molar-refractivity contribution in [1.29, 1.82) is 0 Å². The van der Waals surface area contributed by atoms with Gasteiger partial charge in [0.05, 0.1) is 33.9 Å². The summed E-state index contributed by atoms with van der Waals surface area (Å²) in [6, 6.07) is 17.6. The van der Waals surface area contributed by atoms with Crippen LogP contribution in [0.5, 0.6) is 0 Å². The summed E-state index contributed by atoms with van der Waals surface area (Å²) in [6.45, 7) is 0. The number of anilines is 1. The molecule has 0 radical (unpaired) electrons. The van der Waals surface area contributed by atoms with Crippen molar-refractivity contribution in [2.45, 2.75) is 12.5 Å². The molecule has 0 saturated heterocycles. The zero-order valence-corrected chi connectivity index (χ0v) is 22.6. The predicted molar refractivity (Wildman–Crippen MR) is 150 cm³/mol. The first-order valence-electron chi connectivity index (χ1n) is 11.9. The average Bonchev–Trinajstić information content (AvgIpc) is 3.18. The largest absolute Gasteiger partial charge is 0.322 e. The lowest BCUT2D eigenvalue weighted by Crippen LogP contribution is -2.17. The predicted octanol–water partition coefficient (Wildman–Crippen LogP) is 5.85. The summed E-state index contributed by atoms with van der Waals surface area (Å²) in [7, 11) is -1.95. The topological polar surface area (TPSA) is 103 Å². The molecule has 7 nitrogen and oxygen atoms in total. The number of hydrogen-bond acceptors (Lipinski definition) is 5. The number of nitrogens with zero attached hydrogens (tertiary/aromatic N) is 3. The van der Waals surface area contributed by atoms with E-state index in [-0.39, 0.29) is 12.2 Å². The molecule has 5 rings (SSSR count). The average molecular weight is 568 g/mol. The molecule has 200 valence electrons. The van der Waals surface area contributed by atoms with E-state index in [0.717, 1.165) is 23.4 Å². The third-order valence-corrected chi connectivity index (χ3v) is 7.14. The Kier molecular flexibility index (Phi) is 7.11. The van der Waals surface area contributed by atoms with E-state index in [4.69, 9.17) is 22.3 Å². The zero-order chi connectivity index (χ0) is 27.9. The Labute approximate surface area is 229 Å². The van der Waals surface area contributed by atoms with E-state index in [9.17, 15) is 17.2 Å². The van der Waals surface area contributed by atoms with E-state index in [1.807, 2.05) is 36.4 Å². The Hall–Kier alpha value is -3.86. The van der Waals surface area contributed by atoms with Crippen LogP contribution in [0.4, 0.5) is 14.6 Å². The Morgan fingerprint density at radius 3 is 2.36 bits per heavy atom. The third-order valence-electron chi connectivity index (χ3n) is 6.26. The molecule has 0 bridgehead atoms. The van der Waals surface area contributed by atoms with Crippen LogP contribution in [0.1, 0.15) is 17.3 Å². The van der Waals surface area contributed by atoms with Crippen LogP contribution >= 0.6 is 11.6 Å². The van der Waals surface area contributed by atoms with Crippen molar-refractivity contribution in [3.05, 3.63) is 101 Å². The molecule has 0 amide bonds. The van der Waals surface area contributed by atoms with Crippen molar-refractivity contribution < 1.29 is 17.2 Å². The standard InChI is InChI=1S/C28H24ClF2N5O2S/c1-36-27-21(8-9-23(29)25(27)28(34-36)35-39(2,37)38)22-13-18(17-6-4-3-5-7-17)15-33-26(22)24(32)12-16-10-19(30)14-20(31)11-16/h3-11,13-15,24H,12,32H2,1-2H3,(H,34,35). The van der Waals surface area contributed by atoms with Gasteiger partial charge in [-0.25, -0.2) is 17.2 Å². The molecule has 2 heterocycles. The highest BCUT2D eigenvalue weighted by Gasteiger charge is 2.23. The number of aromatic nitrogens is 3. The summed E-state index contributed by atoms with van der Waals surface area (Å²) in [5.41, 5.74) is 11.1. The summed E-state index contributed by atoms with van der Waals surface area (Å²) in [4.78, 5) is 4.71. The smallest absolute Gasteiger partial charge is 0.231 e. The molecular weight excluding hydrogens is 544 g/mol. The fourth-order valence-corrected chi connectivity index (χ4v) is 5.43.